The molecule has 0 heterocycles. The summed E-state index contributed by atoms with van der Waals surface area (Å²) in [5.74, 6) is -1.06. The van der Waals surface area contributed by atoms with E-state index in [4.69, 9.17) is 21.1 Å². The number of aliphatic hydroxyl groups is 2. The van der Waals surface area contributed by atoms with Crippen molar-refractivity contribution in [1.29, 1.82) is 0 Å². The molecule has 0 amide bonds. The van der Waals surface area contributed by atoms with Crippen LogP contribution in [-0.4, -0.2) is 41.0 Å². The smallest absolute Gasteiger partial charge is 0.311 e. The Bertz CT molecular complexity index is 142. The van der Waals surface area contributed by atoms with Crippen molar-refractivity contribution in [1.82, 2.24) is 0 Å². The van der Waals surface area contributed by atoms with Gasteiger partial charge in [-0.3, -0.25) is 4.79 Å². The Morgan fingerprint density at radius 3 is 1.83 bits per heavy atom. The number of carbonyl (C=O) groups is 1. The molecule has 0 aromatic rings. The molecule has 0 bridgehead atoms. The Labute approximate surface area is 70.8 Å². The number of rotatable bonds is 6. The van der Waals surface area contributed by atoms with Gasteiger partial charge >= 0.3 is 5.97 Å². The molecule has 0 spiro atoms. The van der Waals surface area contributed by atoms with Crippen molar-refractivity contribution in [2.75, 3.05) is 19.8 Å². The molecule has 0 aliphatic rings. The van der Waals surface area contributed by atoms with Gasteiger partial charge in [0.1, 0.15) is 0 Å². The van der Waals surface area contributed by atoms with Crippen LogP contribution in [0.2, 0.25) is 0 Å². The van der Waals surface area contributed by atoms with E-state index >= 15 is 0 Å². The van der Waals surface area contributed by atoms with Gasteiger partial charge in [0.2, 0.25) is 0 Å². The van der Waals surface area contributed by atoms with E-state index in [-0.39, 0.29) is 32.6 Å². The summed E-state index contributed by atoms with van der Waals surface area (Å²) >= 11 is 0. The summed E-state index contributed by atoms with van der Waals surface area (Å²) in [7, 11) is 0. The molecule has 0 saturated carbocycles. The first-order chi connectivity index (χ1) is 5.63. The van der Waals surface area contributed by atoms with Crippen LogP contribution in [0.5, 0.6) is 0 Å². The Morgan fingerprint density at radius 1 is 1.25 bits per heavy atom. The maximum atomic E-state index is 10.7. The molecule has 0 radical (unpaired) electrons. The van der Waals surface area contributed by atoms with Gasteiger partial charge in [-0.1, -0.05) is 0 Å². The number of nitrogens with two attached hydrogens (primary N) is 1. The highest BCUT2D eigenvalue weighted by Crippen LogP contribution is 2.24. The molecule has 0 unspecified atom stereocenters. The first-order valence-electron chi connectivity index (χ1n) is 3.78. The zero-order chi connectivity index (χ0) is 9.61. The third-order valence-corrected chi connectivity index (χ3v) is 2.03. The van der Waals surface area contributed by atoms with Crippen molar-refractivity contribution in [3.8, 4) is 0 Å². The molecule has 5 nitrogen and oxygen atoms in total. The lowest BCUT2D eigenvalue weighted by Crippen LogP contribution is -2.40. The fourth-order valence-electron chi connectivity index (χ4n) is 1.06. The van der Waals surface area contributed by atoms with Gasteiger partial charge in [0.15, 0.2) is 0 Å². The molecule has 0 saturated heterocycles. The summed E-state index contributed by atoms with van der Waals surface area (Å²) in [5, 5.41) is 26.0. The lowest BCUT2D eigenvalue weighted by atomic mass is 9.82. The first kappa shape index (κ1) is 11.4. The van der Waals surface area contributed by atoms with Gasteiger partial charge in [0.05, 0.1) is 5.41 Å². The number of aliphatic carboxylic acids is 1. The minimum absolute atomic E-state index is 0.0660. The average Bonchev–Trinajstić information content (AvgIpc) is 2.03. The second-order valence-electron chi connectivity index (χ2n) is 2.74. The molecule has 0 aromatic heterocycles. The number of aliphatic hydroxyl groups excluding tert-OH is 2. The molecule has 72 valence electrons. The Hall–Kier alpha value is -0.650. The molecule has 0 atom stereocenters. The fourth-order valence-corrected chi connectivity index (χ4v) is 1.06. The van der Waals surface area contributed by atoms with Gasteiger partial charge in [-0.2, -0.15) is 0 Å². The van der Waals surface area contributed by atoms with E-state index in [9.17, 15) is 4.79 Å². The maximum Gasteiger partial charge on any atom is 0.311 e. The SMILES string of the molecule is NCC(CCO)(CCO)C(=O)O. The monoisotopic (exact) mass is 177 g/mol. The van der Waals surface area contributed by atoms with Crippen molar-refractivity contribution in [2.24, 2.45) is 11.1 Å². The second kappa shape index (κ2) is 5.08. The van der Waals surface area contributed by atoms with Crippen LogP contribution in [0.25, 0.3) is 0 Å². The number of carboxylic acids is 1. The van der Waals surface area contributed by atoms with Crippen molar-refractivity contribution in [3.05, 3.63) is 0 Å². The van der Waals surface area contributed by atoms with E-state index < -0.39 is 11.4 Å². The van der Waals surface area contributed by atoms with Crippen molar-refractivity contribution >= 4 is 5.97 Å². The number of carboxylic acid groups (broad SMARTS) is 1. The van der Waals surface area contributed by atoms with E-state index in [1.165, 1.54) is 0 Å². The van der Waals surface area contributed by atoms with E-state index in [0.29, 0.717) is 0 Å². The van der Waals surface area contributed by atoms with Crippen LogP contribution in [0.1, 0.15) is 12.8 Å². The summed E-state index contributed by atoms with van der Waals surface area (Å²) < 4.78 is 0. The molecule has 0 fully saturated rings. The zero-order valence-electron chi connectivity index (χ0n) is 6.86. The molecule has 5 heteroatoms. The summed E-state index contributed by atoms with van der Waals surface area (Å²) in [6.45, 7) is -0.531. The van der Waals surface area contributed by atoms with Crippen LogP contribution >= 0.6 is 0 Å². The quantitative estimate of drug-likeness (QED) is 0.407. The van der Waals surface area contributed by atoms with Crippen LogP contribution in [0.3, 0.4) is 0 Å². The van der Waals surface area contributed by atoms with Crippen LogP contribution in [-0.2, 0) is 4.79 Å². The van der Waals surface area contributed by atoms with E-state index in [0.717, 1.165) is 0 Å². The summed E-state index contributed by atoms with van der Waals surface area (Å²) in [5.41, 5.74) is 4.11. The highest BCUT2D eigenvalue weighted by atomic mass is 16.4. The number of hydrogen-bond donors (Lipinski definition) is 4. The average molecular weight is 177 g/mol. The summed E-state index contributed by atoms with van der Waals surface area (Å²) in [6.07, 6.45) is 0.165. The molecular weight excluding hydrogens is 162 g/mol. The van der Waals surface area contributed by atoms with E-state index in [1.54, 1.807) is 0 Å². The molecule has 0 rings (SSSR count). The lowest BCUT2D eigenvalue weighted by molar-refractivity contribution is -0.150. The van der Waals surface area contributed by atoms with Crippen LogP contribution in [0.4, 0.5) is 0 Å². The van der Waals surface area contributed by atoms with E-state index in [2.05, 4.69) is 0 Å². The van der Waals surface area contributed by atoms with E-state index in [1.807, 2.05) is 0 Å². The predicted molar refractivity (Wildman–Crippen MR) is 42.5 cm³/mol. The molecule has 0 aliphatic carbocycles. The van der Waals surface area contributed by atoms with Crippen molar-refractivity contribution < 1.29 is 20.1 Å². The van der Waals surface area contributed by atoms with Gasteiger partial charge in [-0.15, -0.1) is 0 Å². The molecule has 0 aliphatic heterocycles. The minimum Gasteiger partial charge on any atom is -0.481 e. The molecule has 12 heavy (non-hydrogen) atoms. The topological polar surface area (TPSA) is 104 Å². The summed E-state index contributed by atoms with van der Waals surface area (Å²) in [6, 6.07) is 0. The van der Waals surface area contributed by atoms with Crippen LogP contribution in [0.15, 0.2) is 0 Å². The molecule has 5 N–H and O–H groups in total. The van der Waals surface area contributed by atoms with Crippen molar-refractivity contribution in [2.45, 2.75) is 12.8 Å². The van der Waals surface area contributed by atoms with Crippen LogP contribution < -0.4 is 5.73 Å². The van der Waals surface area contributed by atoms with Crippen molar-refractivity contribution in [3.63, 3.8) is 0 Å². The minimum atomic E-state index is -1.16. The predicted octanol–water partition coefficient (Wildman–Crippen LogP) is -1.22. The summed E-state index contributed by atoms with van der Waals surface area (Å²) in [4.78, 5) is 10.7. The number of hydrogen-bond acceptors (Lipinski definition) is 4. The van der Waals surface area contributed by atoms with Gasteiger partial charge in [-0.05, 0) is 12.8 Å². The fraction of sp³-hybridized carbons (Fsp3) is 0.857. The Kier molecular flexibility index (Phi) is 4.80. The van der Waals surface area contributed by atoms with Gasteiger partial charge in [-0.25, -0.2) is 0 Å². The standard InChI is InChI=1S/C7H15NO4/c8-5-7(1-3-9,2-4-10)6(11)12/h9-10H,1-5,8H2,(H,11,12). The van der Waals surface area contributed by atoms with Gasteiger partial charge in [0.25, 0.3) is 0 Å². The highest BCUT2D eigenvalue weighted by Gasteiger charge is 2.35. The first-order valence-corrected chi connectivity index (χ1v) is 3.78. The third kappa shape index (κ3) is 2.44. The highest BCUT2D eigenvalue weighted by molar-refractivity contribution is 5.74. The maximum absolute atomic E-state index is 10.7. The second-order valence-corrected chi connectivity index (χ2v) is 2.74. The third-order valence-electron chi connectivity index (χ3n) is 2.03. The van der Waals surface area contributed by atoms with Gasteiger partial charge < -0.3 is 21.1 Å². The molecular formula is C7H15NO4. The molecule has 0 aromatic carbocycles. The zero-order valence-corrected chi connectivity index (χ0v) is 6.86. The largest absolute Gasteiger partial charge is 0.481 e. The lowest BCUT2D eigenvalue weighted by Gasteiger charge is -2.25. The Morgan fingerprint density at radius 2 is 1.67 bits per heavy atom. The Balaban J connectivity index is 4.39. The normalized spacial score (nSPS) is 11.6. The van der Waals surface area contributed by atoms with Gasteiger partial charge in [0, 0.05) is 19.8 Å². The van der Waals surface area contributed by atoms with Crippen LogP contribution in [0, 0.1) is 5.41 Å².